The molecule has 2 rings (SSSR count). The smallest absolute Gasteiger partial charge is 0.224 e. The van der Waals surface area contributed by atoms with Crippen LogP contribution in [0.3, 0.4) is 0 Å². The molecule has 0 aromatic heterocycles. The number of hydrogen-bond acceptors (Lipinski definition) is 3. The lowest BCUT2D eigenvalue weighted by atomic mass is 9.92. The van der Waals surface area contributed by atoms with Gasteiger partial charge in [-0.3, -0.25) is 9.69 Å². The minimum atomic E-state index is -0.438. The van der Waals surface area contributed by atoms with E-state index < -0.39 is 5.41 Å². The standard InChI is InChI=1S/C12H23N3O/c1-12(2,11(13)16)8-14-9-5-7-15-6-3-4-10(9)15/h9-10,14H,3-8H2,1-2H3,(H2,13,16). The number of hydrogen-bond donors (Lipinski definition) is 2. The van der Waals surface area contributed by atoms with Crippen LogP contribution in [0.5, 0.6) is 0 Å². The Bertz CT molecular complexity index is 277. The first-order valence-electron chi connectivity index (χ1n) is 6.28. The molecule has 0 saturated carbocycles. The van der Waals surface area contributed by atoms with Gasteiger partial charge in [0, 0.05) is 25.2 Å². The minimum absolute atomic E-state index is 0.221. The largest absolute Gasteiger partial charge is 0.369 e. The summed E-state index contributed by atoms with van der Waals surface area (Å²) in [7, 11) is 0. The number of carbonyl (C=O) groups excluding carboxylic acids is 1. The van der Waals surface area contributed by atoms with E-state index in [4.69, 9.17) is 5.73 Å². The maximum Gasteiger partial charge on any atom is 0.224 e. The van der Waals surface area contributed by atoms with Crippen LogP contribution in [0.15, 0.2) is 0 Å². The summed E-state index contributed by atoms with van der Waals surface area (Å²) in [6.45, 7) is 6.96. The SMILES string of the molecule is CC(C)(CNC1CCN2CCCC12)C(N)=O. The van der Waals surface area contributed by atoms with Crippen molar-refractivity contribution in [1.29, 1.82) is 0 Å². The van der Waals surface area contributed by atoms with Crippen molar-refractivity contribution in [3.8, 4) is 0 Å². The summed E-state index contributed by atoms with van der Waals surface area (Å²) in [5.74, 6) is -0.221. The van der Waals surface area contributed by atoms with Gasteiger partial charge in [-0.2, -0.15) is 0 Å². The van der Waals surface area contributed by atoms with E-state index in [2.05, 4.69) is 10.2 Å². The summed E-state index contributed by atoms with van der Waals surface area (Å²) in [6.07, 6.45) is 3.83. The van der Waals surface area contributed by atoms with E-state index in [9.17, 15) is 4.79 Å². The monoisotopic (exact) mass is 225 g/mol. The zero-order chi connectivity index (χ0) is 11.8. The van der Waals surface area contributed by atoms with Gasteiger partial charge in [0.2, 0.25) is 5.91 Å². The normalized spacial score (nSPS) is 30.6. The highest BCUT2D eigenvalue weighted by atomic mass is 16.1. The Balaban J connectivity index is 1.84. The van der Waals surface area contributed by atoms with E-state index in [1.807, 2.05) is 13.8 Å². The molecular formula is C12H23N3O. The molecule has 0 aromatic carbocycles. The molecule has 2 aliphatic rings. The van der Waals surface area contributed by atoms with Crippen LogP contribution in [-0.4, -0.2) is 42.5 Å². The highest BCUT2D eigenvalue weighted by Crippen LogP contribution is 2.28. The second kappa shape index (κ2) is 4.34. The number of amides is 1. The van der Waals surface area contributed by atoms with Crippen molar-refractivity contribution >= 4 is 5.91 Å². The first-order chi connectivity index (χ1) is 7.50. The van der Waals surface area contributed by atoms with Gasteiger partial charge in [-0.25, -0.2) is 0 Å². The first-order valence-corrected chi connectivity index (χ1v) is 6.28. The fourth-order valence-corrected chi connectivity index (χ4v) is 2.79. The van der Waals surface area contributed by atoms with Crippen LogP contribution >= 0.6 is 0 Å². The highest BCUT2D eigenvalue weighted by Gasteiger charge is 2.37. The zero-order valence-corrected chi connectivity index (χ0v) is 10.3. The number of carbonyl (C=O) groups is 1. The molecule has 92 valence electrons. The van der Waals surface area contributed by atoms with Crippen molar-refractivity contribution < 1.29 is 4.79 Å². The predicted octanol–water partition coefficient (Wildman–Crippen LogP) is 0.324. The number of fused-ring (bicyclic) bond motifs is 1. The van der Waals surface area contributed by atoms with Gasteiger partial charge in [0.25, 0.3) is 0 Å². The average molecular weight is 225 g/mol. The summed E-state index contributed by atoms with van der Waals surface area (Å²) < 4.78 is 0. The van der Waals surface area contributed by atoms with Crippen LogP contribution in [0.25, 0.3) is 0 Å². The molecule has 2 atom stereocenters. The number of rotatable bonds is 4. The van der Waals surface area contributed by atoms with E-state index in [-0.39, 0.29) is 5.91 Å². The predicted molar refractivity (Wildman–Crippen MR) is 64.0 cm³/mol. The third kappa shape index (κ3) is 2.23. The van der Waals surface area contributed by atoms with Crippen molar-refractivity contribution in [2.75, 3.05) is 19.6 Å². The van der Waals surface area contributed by atoms with Crippen LogP contribution in [-0.2, 0) is 4.79 Å². The van der Waals surface area contributed by atoms with Gasteiger partial charge < -0.3 is 11.1 Å². The van der Waals surface area contributed by atoms with E-state index >= 15 is 0 Å². The van der Waals surface area contributed by atoms with Crippen molar-refractivity contribution in [2.24, 2.45) is 11.1 Å². The van der Waals surface area contributed by atoms with Gasteiger partial charge in [-0.15, -0.1) is 0 Å². The fraction of sp³-hybridized carbons (Fsp3) is 0.917. The third-order valence-electron chi connectivity index (χ3n) is 4.08. The molecular weight excluding hydrogens is 202 g/mol. The molecule has 3 N–H and O–H groups in total. The summed E-state index contributed by atoms with van der Waals surface area (Å²) >= 11 is 0. The summed E-state index contributed by atoms with van der Waals surface area (Å²) in [5.41, 5.74) is 4.93. The van der Waals surface area contributed by atoms with Gasteiger partial charge in [0.15, 0.2) is 0 Å². The zero-order valence-electron chi connectivity index (χ0n) is 10.3. The molecule has 4 nitrogen and oxygen atoms in total. The molecule has 0 aliphatic carbocycles. The maximum atomic E-state index is 11.2. The van der Waals surface area contributed by atoms with Crippen LogP contribution in [0.2, 0.25) is 0 Å². The molecule has 1 amide bonds. The second-order valence-corrected chi connectivity index (χ2v) is 5.77. The van der Waals surface area contributed by atoms with E-state index in [0.29, 0.717) is 18.6 Å². The van der Waals surface area contributed by atoms with E-state index in [0.717, 1.165) is 0 Å². The van der Waals surface area contributed by atoms with Crippen molar-refractivity contribution in [3.63, 3.8) is 0 Å². The molecule has 2 heterocycles. The molecule has 2 aliphatic heterocycles. The van der Waals surface area contributed by atoms with Crippen LogP contribution in [0, 0.1) is 5.41 Å². The van der Waals surface area contributed by atoms with Gasteiger partial charge in [0.05, 0.1) is 5.41 Å². The Morgan fingerprint density at radius 2 is 2.19 bits per heavy atom. The molecule has 2 saturated heterocycles. The average Bonchev–Trinajstić information content (AvgIpc) is 2.76. The first kappa shape index (κ1) is 11.9. The number of primary amides is 1. The van der Waals surface area contributed by atoms with Gasteiger partial charge in [-0.05, 0) is 39.7 Å². The summed E-state index contributed by atoms with van der Waals surface area (Å²) in [5, 5.41) is 3.53. The lowest BCUT2D eigenvalue weighted by Crippen LogP contribution is -2.47. The van der Waals surface area contributed by atoms with Crippen LogP contribution in [0.1, 0.15) is 33.1 Å². The topological polar surface area (TPSA) is 58.4 Å². The lowest BCUT2D eigenvalue weighted by Gasteiger charge is -2.26. The third-order valence-corrected chi connectivity index (χ3v) is 4.08. The van der Waals surface area contributed by atoms with Crippen LogP contribution < -0.4 is 11.1 Å². The van der Waals surface area contributed by atoms with E-state index in [1.165, 1.54) is 32.4 Å². The minimum Gasteiger partial charge on any atom is -0.369 e. The van der Waals surface area contributed by atoms with Crippen LogP contribution in [0.4, 0.5) is 0 Å². The Morgan fingerprint density at radius 3 is 2.88 bits per heavy atom. The summed E-state index contributed by atoms with van der Waals surface area (Å²) in [4.78, 5) is 13.8. The highest BCUT2D eigenvalue weighted by molar-refractivity contribution is 5.80. The molecule has 0 radical (unpaired) electrons. The molecule has 2 unspecified atom stereocenters. The van der Waals surface area contributed by atoms with Gasteiger partial charge in [-0.1, -0.05) is 0 Å². The Hall–Kier alpha value is -0.610. The molecule has 0 aromatic rings. The van der Waals surface area contributed by atoms with Crippen molar-refractivity contribution in [2.45, 2.75) is 45.2 Å². The number of nitrogens with two attached hydrogens (primary N) is 1. The maximum absolute atomic E-state index is 11.2. The lowest BCUT2D eigenvalue weighted by molar-refractivity contribution is -0.125. The number of nitrogens with one attached hydrogen (secondary N) is 1. The molecule has 2 fully saturated rings. The summed E-state index contributed by atoms with van der Waals surface area (Å²) in [6, 6.07) is 1.25. The molecule has 0 bridgehead atoms. The Morgan fingerprint density at radius 1 is 1.44 bits per heavy atom. The van der Waals surface area contributed by atoms with E-state index in [1.54, 1.807) is 0 Å². The molecule has 0 spiro atoms. The molecule has 4 heteroatoms. The van der Waals surface area contributed by atoms with Gasteiger partial charge in [0.1, 0.15) is 0 Å². The molecule has 16 heavy (non-hydrogen) atoms. The second-order valence-electron chi connectivity index (χ2n) is 5.77. The Kier molecular flexibility index (Phi) is 3.22. The Labute approximate surface area is 97.6 Å². The fourth-order valence-electron chi connectivity index (χ4n) is 2.79. The van der Waals surface area contributed by atoms with Crippen molar-refractivity contribution in [3.05, 3.63) is 0 Å². The van der Waals surface area contributed by atoms with Gasteiger partial charge >= 0.3 is 0 Å². The van der Waals surface area contributed by atoms with Crippen molar-refractivity contribution in [1.82, 2.24) is 10.2 Å². The quantitative estimate of drug-likeness (QED) is 0.724. The number of nitrogens with zero attached hydrogens (tertiary/aromatic N) is 1.